The molecule has 0 spiro atoms. The summed E-state index contributed by atoms with van der Waals surface area (Å²) in [4.78, 5) is 26.1. The van der Waals surface area contributed by atoms with Crippen molar-refractivity contribution in [1.29, 1.82) is 0 Å². The smallest absolute Gasteiger partial charge is 0.243 e. The maximum Gasteiger partial charge on any atom is 0.243 e. The van der Waals surface area contributed by atoms with Crippen molar-refractivity contribution in [2.75, 3.05) is 27.3 Å². The van der Waals surface area contributed by atoms with E-state index in [1.54, 1.807) is 19.7 Å². The van der Waals surface area contributed by atoms with Crippen molar-refractivity contribution in [3.63, 3.8) is 0 Å². The summed E-state index contributed by atoms with van der Waals surface area (Å²) in [6.07, 6.45) is 4.56. The van der Waals surface area contributed by atoms with Gasteiger partial charge in [0.15, 0.2) is 17.8 Å². The summed E-state index contributed by atoms with van der Waals surface area (Å²) in [5.74, 6) is 1.10. The largest absolute Gasteiger partial charge is 0.493 e. The number of aliphatic hydroxyl groups is 1. The Labute approximate surface area is 323 Å². The maximum atomic E-state index is 12.5. The number of unbranched alkanes of at least 4 members (excludes halogenated alkanes) is 3. The van der Waals surface area contributed by atoms with Crippen molar-refractivity contribution in [1.82, 2.24) is 15.7 Å². The molecule has 2 heterocycles. The summed E-state index contributed by atoms with van der Waals surface area (Å²) in [6.45, 7) is 2.86. The quantitative estimate of drug-likeness (QED) is 0.0514. The molecule has 2 aliphatic rings. The maximum absolute atomic E-state index is 12.5. The van der Waals surface area contributed by atoms with Crippen LogP contribution in [0.5, 0.6) is 11.5 Å². The number of amides is 2. The van der Waals surface area contributed by atoms with Gasteiger partial charge in [-0.3, -0.25) is 19.7 Å². The Morgan fingerprint density at radius 3 is 2.18 bits per heavy atom. The van der Waals surface area contributed by atoms with E-state index in [0.717, 1.165) is 90.2 Å². The van der Waals surface area contributed by atoms with Gasteiger partial charge in [0.25, 0.3) is 0 Å². The van der Waals surface area contributed by atoms with Crippen molar-refractivity contribution in [3.8, 4) is 22.6 Å². The van der Waals surface area contributed by atoms with Gasteiger partial charge in [0, 0.05) is 51.0 Å². The molecule has 11 nitrogen and oxygen atoms in total. The van der Waals surface area contributed by atoms with Crippen LogP contribution in [-0.2, 0) is 45.2 Å². The fourth-order valence-electron chi connectivity index (χ4n) is 7.41. The second-order valence-electron chi connectivity index (χ2n) is 14.4. The first kappa shape index (κ1) is 39.9. The molecule has 1 fully saturated rings. The number of ether oxygens (including phenoxy) is 4. The number of rotatable bonds is 17. The first-order chi connectivity index (χ1) is 26.8. The second-order valence-corrected chi connectivity index (χ2v) is 14.4. The number of benzene rings is 4. The molecular formula is C44H53N3O8. The Hall–Kier alpha value is -4.78. The predicted molar refractivity (Wildman–Crippen MR) is 208 cm³/mol. The number of nitrogens with one attached hydrogen (secondary N) is 2. The van der Waals surface area contributed by atoms with E-state index in [9.17, 15) is 14.7 Å². The highest BCUT2D eigenvalue weighted by Crippen LogP contribution is 2.40. The number of hydroxylamine groups is 1. The van der Waals surface area contributed by atoms with Gasteiger partial charge in [0.1, 0.15) is 0 Å². The Bertz CT molecular complexity index is 1880. The number of hydrogen-bond donors (Lipinski definition) is 4. The Morgan fingerprint density at radius 1 is 0.782 bits per heavy atom. The Morgan fingerprint density at radius 2 is 1.47 bits per heavy atom. The summed E-state index contributed by atoms with van der Waals surface area (Å²) in [5.41, 5.74) is 10.0. The van der Waals surface area contributed by atoms with Crippen LogP contribution in [0, 0.1) is 0 Å². The molecule has 2 amide bonds. The zero-order valence-corrected chi connectivity index (χ0v) is 31.8. The highest BCUT2D eigenvalue weighted by Gasteiger charge is 2.34. The third-order valence-corrected chi connectivity index (χ3v) is 10.5. The molecule has 0 radical (unpaired) electrons. The van der Waals surface area contributed by atoms with Crippen LogP contribution >= 0.6 is 0 Å². The lowest BCUT2D eigenvalue weighted by atomic mass is 9.96. The van der Waals surface area contributed by atoms with Gasteiger partial charge in [-0.15, -0.1) is 0 Å². The van der Waals surface area contributed by atoms with Gasteiger partial charge in [-0.1, -0.05) is 73.5 Å². The zero-order chi connectivity index (χ0) is 38.6. The summed E-state index contributed by atoms with van der Waals surface area (Å²) in [5, 5.41) is 21.3. The van der Waals surface area contributed by atoms with Crippen molar-refractivity contribution in [2.45, 2.75) is 89.6 Å². The lowest BCUT2D eigenvalue weighted by Crippen LogP contribution is -2.41. The van der Waals surface area contributed by atoms with Gasteiger partial charge < -0.3 is 29.4 Å². The van der Waals surface area contributed by atoms with Gasteiger partial charge in [-0.05, 0) is 82.5 Å². The SMILES string of the molecule is COc1cc2c(cc1OC)CN(CC1CC(c3ccc(CO)cc3)OC(c3cccc(-c4cccc(CNC(=O)CCCCCCC(=O)NO)c4)c3)O1)CC2. The lowest BCUT2D eigenvalue weighted by molar-refractivity contribution is -0.253. The van der Waals surface area contributed by atoms with E-state index in [1.807, 2.05) is 48.5 Å². The normalized spacial score (nSPS) is 18.3. The summed E-state index contributed by atoms with van der Waals surface area (Å²) in [7, 11) is 3.33. The Balaban J connectivity index is 1.12. The third kappa shape index (κ3) is 10.9. The molecule has 3 atom stereocenters. The van der Waals surface area contributed by atoms with Crippen LogP contribution in [0.2, 0.25) is 0 Å². The molecule has 1 saturated heterocycles. The standard InChI is InChI=1S/C44H53N3O8/c1-52-40-23-35-19-20-47(27-37(35)24-41(40)53-2)28-38-25-39(32-17-15-30(29-48)16-18-32)55-44(54-38)36-12-8-11-34(22-36)33-10-7-9-31(21-33)26-45-42(49)13-5-3-4-6-14-43(50)46-51/h7-12,15-18,21-24,38-39,44,48,51H,3-6,13-14,19-20,25-29H2,1-2H3,(H,45,49)(H,46,50). The van der Waals surface area contributed by atoms with Crippen molar-refractivity contribution in [3.05, 3.63) is 118 Å². The van der Waals surface area contributed by atoms with E-state index in [0.29, 0.717) is 25.8 Å². The molecule has 0 aliphatic carbocycles. The molecule has 3 unspecified atom stereocenters. The fourth-order valence-corrected chi connectivity index (χ4v) is 7.41. The summed E-state index contributed by atoms with van der Waals surface area (Å²) < 4.78 is 24.6. The van der Waals surface area contributed by atoms with Gasteiger partial charge in [-0.25, -0.2) is 5.48 Å². The minimum atomic E-state index is -0.586. The van der Waals surface area contributed by atoms with Crippen LogP contribution in [0.3, 0.4) is 0 Å². The van der Waals surface area contributed by atoms with E-state index in [-0.39, 0.29) is 37.0 Å². The molecule has 4 N–H and O–H groups in total. The second kappa shape index (κ2) is 19.7. The minimum absolute atomic E-state index is 0.00377. The highest BCUT2D eigenvalue weighted by molar-refractivity contribution is 5.76. The first-order valence-corrected chi connectivity index (χ1v) is 19.2. The molecule has 292 valence electrons. The zero-order valence-electron chi connectivity index (χ0n) is 31.8. The summed E-state index contributed by atoms with van der Waals surface area (Å²) >= 11 is 0. The molecule has 11 heteroatoms. The summed E-state index contributed by atoms with van der Waals surface area (Å²) in [6, 6.07) is 28.6. The van der Waals surface area contributed by atoms with Gasteiger partial charge >= 0.3 is 0 Å². The van der Waals surface area contributed by atoms with E-state index in [4.69, 9.17) is 24.2 Å². The van der Waals surface area contributed by atoms with Crippen LogP contribution in [0.15, 0.2) is 84.9 Å². The van der Waals surface area contributed by atoms with Crippen molar-refractivity contribution >= 4 is 11.8 Å². The topological polar surface area (TPSA) is 139 Å². The van der Waals surface area contributed by atoms with Crippen molar-refractivity contribution < 1.29 is 38.9 Å². The van der Waals surface area contributed by atoms with Crippen LogP contribution < -0.4 is 20.3 Å². The third-order valence-electron chi connectivity index (χ3n) is 10.5. The molecule has 0 saturated carbocycles. The lowest BCUT2D eigenvalue weighted by Gasteiger charge is -2.39. The average Bonchev–Trinajstić information content (AvgIpc) is 3.23. The predicted octanol–water partition coefficient (Wildman–Crippen LogP) is 6.93. The monoisotopic (exact) mass is 751 g/mol. The van der Waals surface area contributed by atoms with Crippen LogP contribution in [0.4, 0.5) is 0 Å². The van der Waals surface area contributed by atoms with E-state index in [2.05, 4.69) is 46.6 Å². The molecule has 6 rings (SSSR count). The Kier molecular flexibility index (Phi) is 14.3. The molecule has 0 aromatic heterocycles. The van der Waals surface area contributed by atoms with Gasteiger partial charge in [0.2, 0.25) is 11.8 Å². The molecular weight excluding hydrogens is 698 g/mol. The molecule has 4 aromatic carbocycles. The van der Waals surface area contributed by atoms with Gasteiger partial charge in [-0.2, -0.15) is 0 Å². The number of methoxy groups -OCH3 is 2. The molecule has 0 bridgehead atoms. The number of aliphatic hydroxyl groups excluding tert-OH is 1. The number of carbonyl (C=O) groups is 2. The van der Waals surface area contributed by atoms with Crippen LogP contribution in [-0.4, -0.2) is 60.4 Å². The van der Waals surface area contributed by atoms with Gasteiger partial charge in [0.05, 0.1) is 33.0 Å². The molecule has 55 heavy (non-hydrogen) atoms. The molecule has 4 aromatic rings. The van der Waals surface area contributed by atoms with E-state index in [1.165, 1.54) is 11.1 Å². The number of fused-ring (bicyclic) bond motifs is 1. The fraction of sp³-hybridized carbons (Fsp3) is 0.409. The molecule has 2 aliphatic heterocycles. The first-order valence-electron chi connectivity index (χ1n) is 19.2. The van der Waals surface area contributed by atoms with Crippen LogP contribution in [0.25, 0.3) is 11.1 Å². The van der Waals surface area contributed by atoms with Crippen LogP contribution in [0.1, 0.15) is 90.7 Å². The average molecular weight is 752 g/mol. The highest BCUT2D eigenvalue weighted by atomic mass is 16.7. The number of hydrogen-bond acceptors (Lipinski definition) is 9. The number of carbonyl (C=O) groups excluding carboxylic acids is 2. The van der Waals surface area contributed by atoms with E-state index < -0.39 is 6.29 Å². The van der Waals surface area contributed by atoms with Crippen molar-refractivity contribution in [2.24, 2.45) is 0 Å². The van der Waals surface area contributed by atoms with E-state index >= 15 is 0 Å². The minimum Gasteiger partial charge on any atom is -0.493 e. The number of nitrogens with zero attached hydrogens (tertiary/aromatic N) is 1.